The van der Waals surface area contributed by atoms with Crippen molar-refractivity contribution in [2.45, 2.75) is 26.0 Å². The van der Waals surface area contributed by atoms with Gasteiger partial charge in [0.2, 0.25) is 0 Å². The molecule has 1 heterocycles. The van der Waals surface area contributed by atoms with Gasteiger partial charge in [-0.15, -0.1) is 0 Å². The Labute approximate surface area is 76.9 Å². The Morgan fingerprint density at radius 3 is 2.92 bits per heavy atom. The molecule has 0 spiro atoms. The summed E-state index contributed by atoms with van der Waals surface area (Å²) in [6.07, 6.45) is 5.18. The van der Waals surface area contributed by atoms with Crippen molar-refractivity contribution < 1.29 is 14.6 Å². The molecule has 1 atom stereocenters. The number of carboxylic acid groups (broad SMARTS) is 1. The van der Waals surface area contributed by atoms with E-state index in [1.165, 1.54) is 6.26 Å². The van der Waals surface area contributed by atoms with E-state index in [-0.39, 0.29) is 0 Å². The molecule has 0 aromatic carbocycles. The third kappa shape index (κ3) is 1.83. The summed E-state index contributed by atoms with van der Waals surface area (Å²) in [5.74, 6) is -1.00. The molecule has 0 fully saturated rings. The van der Waals surface area contributed by atoms with Crippen LogP contribution in [0.2, 0.25) is 0 Å². The molecule has 0 saturated carbocycles. The highest BCUT2D eigenvalue weighted by atomic mass is 16.5. The lowest BCUT2D eigenvalue weighted by Gasteiger charge is -2.24. The Balaban J connectivity index is 2.74. The first kappa shape index (κ1) is 9.64. The van der Waals surface area contributed by atoms with Crippen molar-refractivity contribution in [3.8, 4) is 0 Å². The van der Waals surface area contributed by atoms with Gasteiger partial charge >= 0.3 is 5.97 Å². The highest BCUT2D eigenvalue weighted by molar-refractivity contribution is 5.78. The summed E-state index contributed by atoms with van der Waals surface area (Å²) < 4.78 is 5.13. The predicted octanol–water partition coefficient (Wildman–Crippen LogP) is 1.21. The highest BCUT2D eigenvalue weighted by Crippen LogP contribution is 2.22. The summed E-state index contributed by atoms with van der Waals surface area (Å²) in [5, 5.41) is 11.7. The minimum Gasteiger partial charge on any atom is -0.477 e. The van der Waals surface area contributed by atoms with Crippen LogP contribution in [-0.4, -0.2) is 16.8 Å². The molecule has 0 aromatic heterocycles. The van der Waals surface area contributed by atoms with Crippen molar-refractivity contribution in [1.82, 2.24) is 5.32 Å². The van der Waals surface area contributed by atoms with E-state index in [1.807, 2.05) is 6.92 Å². The summed E-state index contributed by atoms with van der Waals surface area (Å²) in [6.45, 7) is 3.58. The summed E-state index contributed by atoms with van der Waals surface area (Å²) in [4.78, 5) is 10.9. The van der Waals surface area contributed by atoms with E-state index in [4.69, 9.17) is 9.84 Å². The van der Waals surface area contributed by atoms with Gasteiger partial charge in [0.25, 0.3) is 5.72 Å². The van der Waals surface area contributed by atoms with Crippen molar-refractivity contribution in [3.63, 3.8) is 0 Å². The van der Waals surface area contributed by atoms with E-state index in [2.05, 4.69) is 5.32 Å². The van der Waals surface area contributed by atoms with E-state index in [9.17, 15) is 4.79 Å². The SMILES string of the molecule is CC=COC1(C(=O)O)CC=C(C)N1. The molecule has 0 aromatic rings. The topological polar surface area (TPSA) is 58.6 Å². The van der Waals surface area contributed by atoms with E-state index in [0.717, 1.165) is 5.70 Å². The third-order valence-electron chi connectivity index (χ3n) is 1.85. The van der Waals surface area contributed by atoms with Gasteiger partial charge in [-0.05, 0) is 13.8 Å². The van der Waals surface area contributed by atoms with E-state index in [0.29, 0.717) is 6.42 Å². The largest absolute Gasteiger partial charge is 0.477 e. The van der Waals surface area contributed by atoms with Crippen LogP contribution >= 0.6 is 0 Å². The Morgan fingerprint density at radius 2 is 2.54 bits per heavy atom. The lowest BCUT2D eigenvalue weighted by atomic mass is 10.2. The van der Waals surface area contributed by atoms with Crippen LogP contribution in [0.3, 0.4) is 0 Å². The number of carboxylic acids is 1. The highest BCUT2D eigenvalue weighted by Gasteiger charge is 2.42. The van der Waals surface area contributed by atoms with E-state index in [1.54, 1.807) is 19.1 Å². The molecule has 13 heavy (non-hydrogen) atoms. The molecule has 0 aliphatic carbocycles. The van der Waals surface area contributed by atoms with Gasteiger partial charge in [0.1, 0.15) is 0 Å². The van der Waals surface area contributed by atoms with Crippen LogP contribution < -0.4 is 5.32 Å². The molecule has 1 aliphatic heterocycles. The fourth-order valence-corrected chi connectivity index (χ4v) is 1.17. The minimum atomic E-state index is -1.30. The summed E-state index contributed by atoms with van der Waals surface area (Å²) >= 11 is 0. The normalized spacial score (nSPS) is 27.1. The maximum atomic E-state index is 10.9. The molecule has 2 N–H and O–H groups in total. The maximum Gasteiger partial charge on any atom is 0.370 e. The fourth-order valence-electron chi connectivity index (χ4n) is 1.17. The number of rotatable bonds is 3. The lowest BCUT2D eigenvalue weighted by Crippen LogP contribution is -2.49. The van der Waals surface area contributed by atoms with Gasteiger partial charge in [-0.3, -0.25) is 0 Å². The molecule has 0 radical (unpaired) electrons. The number of ether oxygens (including phenoxy) is 1. The third-order valence-corrected chi connectivity index (χ3v) is 1.85. The minimum absolute atomic E-state index is 0.346. The van der Waals surface area contributed by atoms with Gasteiger partial charge in [0.15, 0.2) is 0 Å². The average molecular weight is 183 g/mol. The molecule has 0 amide bonds. The summed E-state index contributed by atoms with van der Waals surface area (Å²) in [5.41, 5.74) is -0.469. The van der Waals surface area contributed by atoms with E-state index >= 15 is 0 Å². The fraction of sp³-hybridized carbons (Fsp3) is 0.444. The van der Waals surface area contributed by atoms with Gasteiger partial charge in [0, 0.05) is 12.1 Å². The number of nitrogens with one attached hydrogen (secondary N) is 1. The summed E-state index contributed by atoms with van der Waals surface area (Å²) in [7, 11) is 0. The zero-order valence-electron chi connectivity index (χ0n) is 7.70. The average Bonchev–Trinajstić information content (AvgIpc) is 2.45. The number of hydrogen-bond donors (Lipinski definition) is 2. The van der Waals surface area contributed by atoms with Gasteiger partial charge in [-0.25, -0.2) is 4.79 Å². The Hall–Kier alpha value is -1.45. The second kappa shape index (κ2) is 3.51. The smallest absolute Gasteiger partial charge is 0.370 e. The number of allylic oxidation sites excluding steroid dienone is 2. The van der Waals surface area contributed by atoms with Crippen LogP contribution in [0.1, 0.15) is 20.3 Å². The monoisotopic (exact) mass is 183 g/mol. The van der Waals surface area contributed by atoms with Gasteiger partial charge in [-0.1, -0.05) is 12.2 Å². The summed E-state index contributed by atoms with van der Waals surface area (Å²) in [6, 6.07) is 0. The van der Waals surface area contributed by atoms with Crippen LogP contribution in [0.5, 0.6) is 0 Å². The zero-order chi connectivity index (χ0) is 9.90. The molecule has 4 nitrogen and oxygen atoms in total. The van der Waals surface area contributed by atoms with Gasteiger partial charge < -0.3 is 15.2 Å². The Morgan fingerprint density at radius 1 is 1.85 bits per heavy atom. The number of aliphatic carboxylic acids is 1. The van der Waals surface area contributed by atoms with Crippen molar-refractivity contribution in [2.24, 2.45) is 0 Å². The zero-order valence-corrected chi connectivity index (χ0v) is 7.70. The second-order valence-electron chi connectivity index (χ2n) is 2.94. The first-order valence-electron chi connectivity index (χ1n) is 4.08. The first-order chi connectivity index (χ1) is 6.10. The van der Waals surface area contributed by atoms with Crippen LogP contribution in [0.4, 0.5) is 0 Å². The lowest BCUT2D eigenvalue weighted by molar-refractivity contribution is -0.160. The van der Waals surface area contributed by atoms with Crippen molar-refractivity contribution in [2.75, 3.05) is 0 Å². The quantitative estimate of drug-likeness (QED) is 0.646. The van der Waals surface area contributed by atoms with Crippen molar-refractivity contribution in [1.29, 1.82) is 0 Å². The number of hydrogen-bond acceptors (Lipinski definition) is 3. The van der Waals surface area contributed by atoms with Crippen molar-refractivity contribution in [3.05, 3.63) is 24.1 Å². The number of carbonyl (C=O) groups is 1. The van der Waals surface area contributed by atoms with Crippen LogP contribution in [-0.2, 0) is 9.53 Å². The van der Waals surface area contributed by atoms with Crippen LogP contribution in [0, 0.1) is 0 Å². The Bertz CT molecular complexity index is 270. The molecule has 4 heteroatoms. The molecule has 0 bridgehead atoms. The molecular formula is C9H13NO3. The molecule has 1 aliphatic rings. The molecular weight excluding hydrogens is 170 g/mol. The molecule has 1 unspecified atom stereocenters. The van der Waals surface area contributed by atoms with Crippen molar-refractivity contribution >= 4 is 5.97 Å². The van der Waals surface area contributed by atoms with E-state index < -0.39 is 11.7 Å². The molecule has 1 rings (SSSR count). The molecule has 72 valence electrons. The van der Waals surface area contributed by atoms with Crippen LogP contribution in [0.15, 0.2) is 24.1 Å². The molecule has 0 saturated heterocycles. The predicted molar refractivity (Wildman–Crippen MR) is 47.8 cm³/mol. The Kier molecular flexibility index (Phi) is 2.60. The van der Waals surface area contributed by atoms with Crippen LogP contribution in [0.25, 0.3) is 0 Å². The van der Waals surface area contributed by atoms with Gasteiger partial charge in [0.05, 0.1) is 6.26 Å². The van der Waals surface area contributed by atoms with Gasteiger partial charge in [-0.2, -0.15) is 0 Å². The maximum absolute atomic E-state index is 10.9. The first-order valence-corrected chi connectivity index (χ1v) is 4.08. The standard InChI is InChI=1S/C9H13NO3/c1-3-6-13-9(8(11)12)5-4-7(2)10-9/h3-4,6,10H,5H2,1-2H3,(H,11,12). The second-order valence-corrected chi connectivity index (χ2v) is 2.94.